The van der Waals surface area contributed by atoms with Crippen molar-refractivity contribution in [3.05, 3.63) is 45.6 Å². The van der Waals surface area contributed by atoms with Crippen LogP contribution in [0.5, 0.6) is 11.5 Å². The predicted molar refractivity (Wildman–Crippen MR) is 107 cm³/mol. The Kier molecular flexibility index (Phi) is 6.39. The van der Waals surface area contributed by atoms with Gasteiger partial charge in [-0.3, -0.25) is 9.69 Å². The third kappa shape index (κ3) is 4.28. The topological polar surface area (TPSA) is 59.0 Å². The summed E-state index contributed by atoms with van der Waals surface area (Å²) in [6.45, 7) is 3.66. The second-order valence-electron chi connectivity index (χ2n) is 6.82. The number of aliphatic carboxylic acids is 1. The van der Waals surface area contributed by atoms with Crippen LogP contribution in [0.25, 0.3) is 0 Å². The number of piperidine rings is 1. The van der Waals surface area contributed by atoms with Crippen molar-refractivity contribution in [3.8, 4) is 11.5 Å². The maximum atomic E-state index is 11.3. The molecule has 1 fully saturated rings. The van der Waals surface area contributed by atoms with Crippen molar-refractivity contribution in [1.29, 1.82) is 0 Å². The first-order valence-electron chi connectivity index (χ1n) is 9.34. The number of carbonyl (C=O) groups is 1. The predicted octanol–water partition coefficient (Wildman–Crippen LogP) is 4.21. The van der Waals surface area contributed by atoms with Crippen molar-refractivity contribution >= 4 is 17.3 Å². The molecule has 0 saturated carbocycles. The molecule has 2 heterocycles. The minimum atomic E-state index is -0.686. The summed E-state index contributed by atoms with van der Waals surface area (Å²) in [6, 6.07) is 10.3. The van der Waals surface area contributed by atoms with E-state index in [0.29, 0.717) is 12.8 Å². The van der Waals surface area contributed by atoms with Crippen molar-refractivity contribution in [2.75, 3.05) is 27.3 Å². The van der Waals surface area contributed by atoms with Crippen molar-refractivity contribution < 1.29 is 19.4 Å². The molecule has 6 heteroatoms. The Morgan fingerprint density at radius 2 is 1.96 bits per heavy atom. The highest BCUT2D eigenvalue weighted by molar-refractivity contribution is 7.12. The fourth-order valence-electron chi connectivity index (χ4n) is 3.72. The molecular formula is C21H27NO4S. The van der Waals surface area contributed by atoms with Crippen LogP contribution in [0.15, 0.2) is 30.3 Å². The lowest BCUT2D eigenvalue weighted by Crippen LogP contribution is -2.39. The molecule has 1 aromatic carbocycles. The molecule has 1 atom stereocenters. The summed E-state index contributed by atoms with van der Waals surface area (Å²) in [5.74, 6) is 0.689. The number of hydrogen-bond acceptors (Lipinski definition) is 5. The highest BCUT2D eigenvalue weighted by atomic mass is 32.1. The first-order valence-corrected chi connectivity index (χ1v) is 10.2. The van der Waals surface area contributed by atoms with Gasteiger partial charge in [-0.1, -0.05) is 6.92 Å². The highest BCUT2D eigenvalue weighted by Crippen LogP contribution is 2.41. The van der Waals surface area contributed by atoms with Crippen LogP contribution < -0.4 is 9.47 Å². The quantitative estimate of drug-likeness (QED) is 0.769. The molecule has 5 nitrogen and oxygen atoms in total. The van der Waals surface area contributed by atoms with E-state index in [1.807, 2.05) is 29.5 Å². The van der Waals surface area contributed by atoms with Gasteiger partial charge in [-0.2, -0.15) is 0 Å². The Labute approximate surface area is 164 Å². The van der Waals surface area contributed by atoms with Crippen LogP contribution in [0.1, 0.15) is 41.1 Å². The minimum Gasteiger partial charge on any atom is -0.497 e. The molecule has 1 aliphatic heterocycles. The average molecular weight is 390 g/mol. The van der Waals surface area contributed by atoms with Crippen LogP contribution in [0, 0.1) is 5.92 Å². The van der Waals surface area contributed by atoms with Crippen molar-refractivity contribution in [3.63, 3.8) is 0 Å². The van der Waals surface area contributed by atoms with Crippen molar-refractivity contribution in [1.82, 2.24) is 4.90 Å². The molecule has 1 saturated heterocycles. The summed E-state index contributed by atoms with van der Waals surface area (Å²) in [4.78, 5) is 16.3. The number of carboxylic acid groups (broad SMARTS) is 1. The first kappa shape index (κ1) is 19.7. The third-order valence-corrected chi connectivity index (χ3v) is 6.56. The minimum absolute atomic E-state index is 0.0371. The summed E-state index contributed by atoms with van der Waals surface area (Å²) >= 11 is 1.81. The molecule has 0 amide bonds. The monoisotopic (exact) mass is 389 g/mol. The van der Waals surface area contributed by atoms with E-state index in [1.165, 1.54) is 9.75 Å². The molecule has 0 bridgehead atoms. The average Bonchev–Trinajstić information content (AvgIpc) is 3.17. The van der Waals surface area contributed by atoms with Crippen LogP contribution in [0.3, 0.4) is 0 Å². The van der Waals surface area contributed by atoms with Gasteiger partial charge < -0.3 is 14.6 Å². The fourth-order valence-corrected chi connectivity index (χ4v) is 4.83. The number of aryl methyl sites for hydroxylation is 1. The molecule has 146 valence electrons. The van der Waals surface area contributed by atoms with Crippen LogP contribution >= 0.6 is 11.3 Å². The van der Waals surface area contributed by atoms with E-state index in [0.717, 1.165) is 36.6 Å². The lowest BCUT2D eigenvalue weighted by atomic mass is 9.93. The van der Waals surface area contributed by atoms with E-state index in [1.54, 1.807) is 14.2 Å². The molecular weight excluding hydrogens is 362 g/mol. The van der Waals surface area contributed by atoms with E-state index >= 15 is 0 Å². The number of thiophene rings is 1. The van der Waals surface area contributed by atoms with Gasteiger partial charge >= 0.3 is 5.97 Å². The molecule has 1 aliphatic rings. The van der Waals surface area contributed by atoms with Crippen LogP contribution in [0.4, 0.5) is 0 Å². The van der Waals surface area contributed by atoms with E-state index in [4.69, 9.17) is 9.47 Å². The molecule has 27 heavy (non-hydrogen) atoms. The SMILES string of the molecule is CCc1ccc(C(c2cc(OC)ccc2OC)N2CCC(C(=O)O)CC2)s1. The summed E-state index contributed by atoms with van der Waals surface area (Å²) in [5.41, 5.74) is 1.06. The van der Waals surface area contributed by atoms with Gasteiger partial charge in [-0.25, -0.2) is 0 Å². The molecule has 1 N–H and O–H groups in total. The standard InChI is InChI=1S/C21H27NO4S/c1-4-16-6-8-19(27-16)20(22-11-9-14(10-12-22)21(23)24)17-13-15(25-2)5-7-18(17)26-3/h5-8,13-14,20H,4,9-12H2,1-3H3,(H,23,24). The number of carboxylic acids is 1. The van der Waals surface area contributed by atoms with Crippen molar-refractivity contribution in [2.24, 2.45) is 5.92 Å². The highest BCUT2D eigenvalue weighted by Gasteiger charge is 2.32. The second-order valence-corrected chi connectivity index (χ2v) is 8.02. The Balaban J connectivity index is 2.00. The maximum absolute atomic E-state index is 11.3. The zero-order chi connectivity index (χ0) is 19.4. The Morgan fingerprint density at radius 3 is 2.52 bits per heavy atom. The summed E-state index contributed by atoms with van der Waals surface area (Å²) in [7, 11) is 3.35. The maximum Gasteiger partial charge on any atom is 0.306 e. The largest absolute Gasteiger partial charge is 0.497 e. The first-order chi connectivity index (χ1) is 13.1. The lowest BCUT2D eigenvalue weighted by molar-refractivity contribution is -0.143. The fraction of sp³-hybridized carbons (Fsp3) is 0.476. The van der Waals surface area contributed by atoms with Crippen LogP contribution in [-0.2, 0) is 11.2 Å². The van der Waals surface area contributed by atoms with E-state index in [-0.39, 0.29) is 12.0 Å². The summed E-state index contributed by atoms with van der Waals surface area (Å²) in [5, 5.41) is 9.33. The molecule has 0 spiro atoms. The number of hydrogen-bond donors (Lipinski definition) is 1. The molecule has 3 rings (SSSR count). The Morgan fingerprint density at radius 1 is 1.22 bits per heavy atom. The van der Waals surface area contributed by atoms with Gasteiger partial charge in [0.25, 0.3) is 0 Å². The van der Waals surface area contributed by atoms with Gasteiger partial charge in [0.05, 0.1) is 26.2 Å². The van der Waals surface area contributed by atoms with E-state index in [2.05, 4.69) is 24.0 Å². The molecule has 2 aromatic rings. The third-order valence-electron chi connectivity index (χ3n) is 5.28. The lowest BCUT2D eigenvalue weighted by Gasteiger charge is -2.37. The van der Waals surface area contributed by atoms with Gasteiger partial charge in [0.1, 0.15) is 11.5 Å². The Hall–Kier alpha value is -2.05. The normalized spacial score (nSPS) is 16.9. The van der Waals surface area contributed by atoms with Crippen molar-refractivity contribution in [2.45, 2.75) is 32.2 Å². The number of benzene rings is 1. The summed E-state index contributed by atoms with van der Waals surface area (Å²) < 4.78 is 11.1. The van der Waals surface area contributed by atoms with Gasteiger partial charge in [-0.05, 0) is 62.7 Å². The summed E-state index contributed by atoms with van der Waals surface area (Å²) in [6.07, 6.45) is 2.35. The van der Waals surface area contributed by atoms with Gasteiger partial charge in [-0.15, -0.1) is 11.3 Å². The number of rotatable bonds is 7. The van der Waals surface area contributed by atoms with E-state index < -0.39 is 5.97 Å². The van der Waals surface area contributed by atoms with Crippen LogP contribution in [-0.4, -0.2) is 43.3 Å². The van der Waals surface area contributed by atoms with E-state index in [9.17, 15) is 9.90 Å². The van der Waals surface area contributed by atoms with Gasteiger partial charge in [0.2, 0.25) is 0 Å². The second kappa shape index (κ2) is 8.76. The Bertz CT molecular complexity index is 780. The smallest absolute Gasteiger partial charge is 0.306 e. The number of nitrogens with zero attached hydrogens (tertiary/aromatic N) is 1. The number of ether oxygens (including phenoxy) is 2. The molecule has 0 aliphatic carbocycles. The molecule has 0 radical (unpaired) electrons. The van der Waals surface area contributed by atoms with Gasteiger partial charge in [0.15, 0.2) is 0 Å². The number of methoxy groups -OCH3 is 2. The zero-order valence-electron chi connectivity index (χ0n) is 16.1. The van der Waals surface area contributed by atoms with Crippen LogP contribution in [0.2, 0.25) is 0 Å². The van der Waals surface area contributed by atoms with Gasteiger partial charge in [0, 0.05) is 15.3 Å². The molecule has 1 aromatic heterocycles. The number of likely N-dealkylation sites (tertiary alicyclic amines) is 1. The zero-order valence-corrected chi connectivity index (χ0v) is 16.9. The molecule has 1 unspecified atom stereocenters.